The van der Waals surface area contributed by atoms with Crippen molar-refractivity contribution >= 4 is 22.9 Å². The van der Waals surface area contributed by atoms with E-state index in [0.29, 0.717) is 5.02 Å². The fourth-order valence-corrected chi connectivity index (χ4v) is 2.97. The predicted octanol–water partition coefficient (Wildman–Crippen LogP) is 2.18. The van der Waals surface area contributed by atoms with Crippen molar-refractivity contribution in [2.75, 3.05) is 7.11 Å². The summed E-state index contributed by atoms with van der Waals surface area (Å²) in [4.78, 5) is 1.03. The number of nitrogens with zero attached hydrogens (tertiary/aromatic N) is 2. The summed E-state index contributed by atoms with van der Waals surface area (Å²) in [5, 5.41) is 6.75. The molecule has 3 N–H and O–H groups in total. The van der Waals surface area contributed by atoms with Crippen LogP contribution in [-0.4, -0.2) is 16.9 Å². The number of methoxy groups -OCH3 is 1. The van der Waals surface area contributed by atoms with E-state index in [1.807, 2.05) is 23.1 Å². The first-order valence-electron chi connectivity index (χ1n) is 5.51. The van der Waals surface area contributed by atoms with Gasteiger partial charge in [-0.2, -0.15) is 5.10 Å². The quantitative estimate of drug-likeness (QED) is 0.653. The topological polar surface area (TPSA) is 65.1 Å². The molecule has 0 amide bonds. The van der Waals surface area contributed by atoms with Gasteiger partial charge in [-0.15, -0.1) is 11.3 Å². The highest BCUT2D eigenvalue weighted by atomic mass is 35.5. The summed E-state index contributed by atoms with van der Waals surface area (Å²) < 4.78 is 7.01. The summed E-state index contributed by atoms with van der Waals surface area (Å²) in [5.74, 6) is 6.47. The van der Waals surface area contributed by atoms with Crippen LogP contribution in [0.4, 0.5) is 0 Å². The fourth-order valence-electron chi connectivity index (χ4n) is 1.80. The number of hydrazine groups is 1. The minimum Gasteiger partial charge on any atom is -0.496 e. The largest absolute Gasteiger partial charge is 0.496 e. The molecule has 0 bridgehead atoms. The van der Waals surface area contributed by atoms with Gasteiger partial charge in [0.05, 0.1) is 30.1 Å². The number of thiophene rings is 1. The van der Waals surface area contributed by atoms with E-state index in [0.717, 1.165) is 22.9 Å². The maximum Gasteiger partial charge on any atom is 0.129 e. The van der Waals surface area contributed by atoms with Crippen molar-refractivity contribution in [1.29, 1.82) is 0 Å². The van der Waals surface area contributed by atoms with Crippen LogP contribution >= 0.6 is 22.9 Å². The fraction of sp³-hybridized carbons (Fsp3) is 0.364. The Hall–Kier alpha value is -1.08. The summed E-state index contributed by atoms with van der Waals surface area (Å²) in [6, 6.07) is 1.76. The first kappa shape index (κ1) is 13.4. The number of aryl methyl sites for hydroxylation is 1. The van der Waals surface area contributed by atoms with Crippen LogP contribution in [0.5, 0.6) is 5.75 Å². The first-order valence-corrected chi connectivity index (χ1v) is 6.76. The zero-order chi connectivity index (χ0) is 13.1. The number of nitrogens with one attached hydrogen (secondary N) is 1. The van der Waals surface area contributed by atoms with Crippen molar-refractivity contribution < 1.29 is 4.74 Å². The van der Waals surface area contributed by atoms with Crippen molar-refractivity contribution in [1.82, 2.24) is 15.2 Å². The van der Waals surface area contributed by atoms with E-state index in [-0.39, 0.29) is 6.04 Å². The van der Waals surface area contributed by atoms with Gasteiger partial charge >= 0.3 is 0 Å². The van der Waals surface area contributed by atoms with Gasteiger partial charge in [-0.05, 0) is 13.0 Å². The van der Waals surface area contributed by atoms with E-state index >= 15 is 0 Å². The number of hydrogen-bond acceptors (Lipinski definition) is 5. The minimum absolute atomic E-state index is 0.186. The van der Waals surface area contributed by atoms with E-state index in [2.05, 4.69) is 10.5 Å². The Morgan fingerprint density at radius 2 is 2.44 bits per heavy atom. The van der Waals surface area contributed by atoms with Crippen molar-refractivity contribution in [3.8, 4) is 5.75 Å². The van der Waals surface area contributed by atoms with Crippen LogP contribution < -0.4 is 16.0 Å². The van der Waals surface area contributed by atoms with Crippen molar-refractivity contribution in [3.63, 3.8) is 0 Å². The van der Waals surface area contributed by atoms with Crippen molar-refractivity contribution in [3.05, 3.63) is 33.2 Å². The highest BCUT2D eigenvalue weighted by molar-refractivity contribution is 7.10. The van der Waals surface area contributed by atoms with Gasteiger partial charge in [-0.25, -0.2) is 5.43 Å². The molecule has 0 saturated carbocycles. The Labute approximate surface area is 114 Å². The number of hydrogen-bond donors (Lipinski definition) is 2. The molecular formula is C11H15ClN4OS. The van der Waals surface area contributed by atoms with Gasteiger partial charge in [0.15, 0.2) is 0 Å². The molecular weight excluding hydrogens is 272 g/mol. The molecule has 1 unspecified atom stereocenters. The molecule has 1 atom stereocenters. The average molecular weight is 287 g/mol. The molecule has 2 rings (SSSR count). The maximum atomic E-state index is 6.18. The lowest BCUT2D eigenvalue weighted by atomic mass is 10.2. The van der Waals surface area contributed by atoms with E-state index in [9.17, 15) is 0 Å². The van der Waals surface area contributed by atoms with E-state index in [1.165, 1.54) is 0 Å². The Morgan fingerprint density at radius 3 is 3.00 bits per heavy atom. The summed E-state index contributed by atoms with van der Waals surface area (Å²) >= 11 is 7.75. The van der Waals surface area contributed by atoms with Crippen molar-refractivity contribution in [2.45, 2.75) is 19.5 Å². The second kappa shape index (κ2) is 5.71. The van der Waals surface area contributed by atoms with Crippen LogP contribution in [0.2, 0.25) is 5.02 Å². The number of aromatic nitrogens is 2. The molecule has 0 aliphatic heterocycles. The molecule has 0 fully saturated rings. The number of rotatable bonds is 5. The molecule has 0 aromatic carbocycles. The second-order valence-corrected chi connectivity index (χ2v) is 5.03. The van der Waals surface area contributed by atoms with Crippen LogP contribution in [0.25, 0.3) is 0 Å². The summed E-state index contributed by atoms with van der Waals surface area (Å²) in [6.07, 6.45) is 1.63. The molecule has 0 spiro atoms. The highest BCUT2D eigenvalue weighted by Gasteiger charge is 2.22. The zero-order valence-electron chi connectivity index (χ0n) is 10.2. The third-order valence-corrected chi connectivity index (χ3v) is 3.96. The maximum absolute atomic E-state index is 6.18. The van der Waals surface area contributed by atoms with Gasteiger partial charge in [0.25, 0.3) is 0 Å². The lowest BCUT2D eigenvalue weighted by Crippen LogP contribution is -2.30. The lowest BCUT2D eigenvalue weighted by Gasteiger charge is -2.16. The van der Waals surface area contributed by atoms with Crippen LogP contribution in [0, 0.1) is 0 Å². The van der Waals surface area contributed by atoms with Crippen LogP contribution in [0.1, 0.15) is 23.5 Å². The van der Waals surface area contributed by atoms with Crippen LogP contribution in [0.3, 0.4) is 0 Å². The predicted molar refractivity (Wildman–Crippen MR) is 72.9 cm³/mol. The molecule has 2 heterocycles. The van der Waals surface area contributed by atoms with Crippen LogP contribution in [0.15, 0.2) is 17.6 Å². The van der Waals surface area contributed by atoms with Gasteiger partial charge in [-0.1, -0.05) is 11.6 Å². The van der Waals surface area contributed by atoms with Gasteiger partial charge < -0.3 is 4.74 Å². The van der Waals surface area contributed by atoms with Gasteiger partial charge in [0.1, 0.15) is 5.75 Å². The lowest BCUT2D eigenvalue weighted by molar-refractivity contribution is 0.416. The molecule has 2 aromatic rings. The Balaban J connectivity index is 2.41. The zero-order valence-corrected chi connectivity index (χ0v) is 11.8. The molecule has 7 heteroatoms. The first-order chi connectivity index (χ1) is 8.71. The normalized spacial score (nSPS) is 12.7. The van der Waals surface area contributed by atoms with E-state index in [4.69, 9.17) is 22.2 Å². The van der Waals surface area contributed by atoms with Crippen LogP contribution in [-0.2, 0) is 6.54 Å². The van der Waals surface area contributed by atoms with Gasteiger partial charge in [-0.3, -0.25) is 10.5 Å². The highest BCUT2D eigenvalue weighted by Crippen LogP contribution is 2.33. The molecule has 0 aliphatic rings. The van der Waals surface area contributed by atoms with E-state index < -0.39 is 0 Å². The number of ether oxygens (including phenoxy) is 1. The number of halogens is 1. The molecule has 0 saturated heterocycles. The standard InChI is InChI=1S/C11H15ClN4OS/c1-3-16-11(8(12)5-14-16)10(15-13)9-4-7(17-2)6-18-9/h4-6,10,15H,3,13H2,1-2H3. The minimum atomic E-state index is -0.186. The average Bonchev–Trinajstić information content (AvgIpc) is 2.99. The van der Waals surface area contributed by atoms with E-state index in [1.54, 1.807) is 24.6 Å². The third kappa shape index (κ3) is 2.37. The Kier molecular flexibility index (Phi) is 4.23. The SMILES string of the molecule is CCn1ncc(Cl)c1C(NN)c1cc(OC)cs1. The summed E-state index contributed by atoms with van der Waals surface area (Å²) in [6.45, 7) is 2.75. The monoisotopic (exact) mass is 286 g/mol. The summed E-state index contributed by atoms with van der Waals surface area (Å²) in [5.41, 5.74) is 3.65. The van der Waals surface area contributed by atoms with Gasteiger partial charge in [0, 0.05) is 16.8 Å². The molecule has 0 radical (unpaired) electrons. The molecule has 98 valence electrons. The smallest absolute Gasteiger partial charge is 0.129 e. The molecule has 2 aromatic heterocycles. The Morgan fingerprint density at radius 1 is 1.67 bits per heavy atom. The third-order valence-electron chi connectivity index (χ3n) is 2.69. The Bertz CT molecular complexity index is 525. The molecule has 18 heavy (non-hydrogen) atoms. The molecule has 0 aliphatic carbocycles. The number of nitrogens with two attached hydrogens (primary N) is 1. The summed E-state index contributed by atoms with van der Waals surface area (Å²) in [7, 11) is 1.64. The molecule has 5 nitrogen and oxygen atoms in total. The van der Waals surface area contributed by atoms with Crippen molar-refractivity contribution in [2.24, 2.45) is 5.84 Å². The van der Waals surface area contributed by atoms with Gasteiger partial charge in [0.2, 0.25) is 0 Å². The second-order valence-electron chi connectivity index (χ2n) is 3.68.